The third-order valence-corrected chi connectivity index (χ3v) is 6.05. The number of rotatable bonds is 3. The minimum Gasteiger partial charge on any atom is -0.257 e. The van der Waals surface area contributed by atoms with Gasteiger partial charge in [0.2, 0.25) is 0 Å². The molecule has 0 saturated carbocycles. The van der Waals surface area contributed by atoms with Gasteiger partial charge >= 0.3 is 0 Å². The van der Waals surface area contributed by atoms with Crippen LogP contribution in [0.5, 0.6) is 0 Å². The van der Waals surface area contributed by atoms with Crippen LogP contribution < -0.4 is 5.01 Å². The van der Waals surface area contributed by atoms with Crippen molar-refractivity contribution in [2.24, 2.45) is 5.10 Å². The molecule has 1 unspecified atom stereocenters. The van der Waals surface area contributed by atoms with Crippen LogP contribution in [0.4, 0.5) is 5.69 Å². The van der Waals surface area contributed by atoms with E-state index in [-0.39, 0.29) is 6.04 Å². The van der Waals surface area contributed by atoms with E-state index in [1.54, 1.807) is 11.3 Å². The molecule has 1 aliphatic heterocycles. The van der Waals surface area contributed by atoms with Crippen molar-refractivity contribution in [1.82, 2.24) is 0 Å². The molecular formula is C20H16Cl2N2S. The smallest absolute Gasteiger partial charge is 0.0923 e. The van der Waals surface area contributed by atoms with Crippen molar-refractivity contribution in [3.8, 4) is 0 Å². The van der Waals surface area contributed by atoms with Gasteiger partial charge in [-0.1, -0.05) is 59.1 Å². The maximum absolute atomic E-state index is 6.23. The predicted octanol–water partition coefficient (Wildman–Crippen LogP) is 6.72. The molecule has 0 fully saturated rings. The number of thiophene rings is 1. The Balaban J connectivity index is 1.75. The van der Waals surface area contributed by atoms with Crippen molar-refractivity contribution >= 4 is 45.9 Å². The van der Waals surface area contributed by atoms with Crippen molar-refractivity contribution in [2.45, 2.75) is 19.4 Å². The molecule has 5 heteroatoms. The Morgan fingerprint density at radius 2 is 1.84 bits per heavy atom. The highest BCUT2D eigenvalue weighted by atomic mass is 35.5. The fourth-order valence-corrected chi connectivity index (χ4v) is 4.10. The van der Waals surface area contributed by atoms with E-state index >= 15 is 0 Å². The average molecular weight is 387 g/mol. The summed E-state index contributed by atoms with van der Waals surface area (Å²) in [5.41, 5.74) is 4.45. The van der Waals surface area contributed by atoms with E-state index in [1.807, 2.05) is 18.2 Å². The molecule has 0 amide bonds. The van der Waals surface area contributed by atoms with Crippen LogP contribution in [0.25, 0.3) is 0 Å². The molecule has 1 aromatic heterocycles. The third kappa shape index (κ3) is 3.32. The number of nitrogens with zero attached hydrogens (tertiary/aromatic N) is 2. The minimum atomic E-state index is 0.175. The maximum Gasteiger partial charge on any atom is 0.0923 e. The van der Waals surface area contributed by atoms with Gasteiger partial charge in [-0.3, -0.25) is 5.01 Å². The molecule has 126 valence electrons. The van der Waals surface area contributed by atoms with E-state index in [0.29, 0.717) is 10.0 Å². The van der Waals surface area contributed by atoms with Crippen LogP contribution in [0, 0.1) is 6.92 Å². The van der Waals surface area contributed by atoms with Crippen LogP contribution in [0.15, 0.2) is 65.1 Å². The van der Waals surface area contributed by atoms with Gasteiger partial charge in [0.05, 0.1) is 27.5 Å². The highest BCUT2D eigenvalue weighted by molar-refractivity contribution is 7.10. The van der Waals surface area contributed by atoms with Gasteiger partial charge in [-0.25, -0.2) is 0 Å². The number of hydrogen-bond donors (Lipinski definition) is 0. The molecule has 1 aliphatic rings. The van der Waals surface area contributed by atoms with E-state index in [0.717, 1.165) is 23.4 Å². The van der Waals surface area contributed by atoms with Crippen LogP contribution in [0.3, 0.4) is 0 Å². The fourth-order valence-electron chi connectivity index (χ4n) is 3.00. The van der Waals surface area contributed by atoms with Crippen LogP contribution >= 0.6 is 34.5 Å². The number of anilines is 1. The zero-order valence-electron chi connectivity index (χ0n) is 13.6. The normalized spacial score (nSPS) is 17.0. The molecule has 3 aromatic rings. The Bertz CT molecular complexity index is 917. The summed E-state index contributed by atoms with van der Waals surface area (Å²) in [5.74, 6) is 0. The number of hydrogen-bond acceptors (Lipinski definition) is 3. The summed E-state index contributed by atoms with van der Waals surface area (Å²) >= 11 is 14.1. The summed E-state index contributed by atoms with van der Waals surface area (Å²) < 4.78 is 0. The average Bonchev–Trinajstić information content (AvgIpc) is 3.27. The zero-order chi connectivity index (χ0) is 17.4. The lowest BCUT2D eigenvalue weighted by atomic mass is 10.0. The molecule has 2 nitrogen and oxygen atoms in total. The highest BCUT2D eigenvalue weighted by Crippen LogP contribution is 2.40. The second kappa shape index (κ2) is 6.83. The summed E-state index contributed by atoms with van der Waals surface area (Å²) in [4.78, 5) is 1.29. The predicted molar refractivity (Wildman–Crippen MR) is 108 cm³/mol. The lowest BCUT2D eigenvalue weighted by Gasteiger charge is -2.23. The van der Waals surface area contributed by atoms with Crippen molar-refractivity contribution in [3.63, 3.8) is 0 Å². The molecular weight excluding hydrogens is 371 g/mol. The van der Waals surface area contributed by atoms with Crippen LogP contribution in [-0.2, 0) is 0 Å². The Kier molecular flexibility index (Phi) is 4.55. The van der Waals surface area contributed by atoms with Gasteiger partial charge in [-0.15, -0.1) is 11.3 Å². The van der Waals surface area contributed by atoms with E-state index in [1.165, 1.54) is 10.4 Å². The Morgan fingerprint density at radius 1 is 1.04 bits per heavy atom. The van der Waals surface area contributed by atoms with Crippen LogP contribution in [0.2, 0.25) is 10.0 Å². The molecule has 2 aromatic carbocycles. The van der Waals surface area contributed by atoms with Crippen LogP contribution in [-0.4, -0.2) is 5.71 Å². The van der Waals surface area contributed by atoms with Crippen LogP contribution in [0.1, 0.15) is 28.5 Å². The van der Waals surface area contributed by atoms with Gasteiger partial charge in [0, 0.05) is 11.3 Å². The van der Waals surface area contributed by atoms with E-state index in [4.69, 9.17) is 28.3 Å². The van der Waals surface area contributed by atoms with Gasteiger partial charge in [-0.05, 0) is 42.1 Å². The first kappa shape index (κ1) is 16.6. The van der Waals surface area contributed by atoms with E-state index in [9.17, 15) is 0 Å². The molecule has 4 rings (SSSR count). The van der Waals surface area contributed by atoms with Gasteiger partial charge < -0.3 is 0 Å². The second-order valence-corrected chi connectivity index (χ2v) is 7.88. The van der Waals surface area contributed by atoms with Gasteiger partial charge in [-0.2, -0.15) is 5.10 Å². The molecule has 0 bridgehead atoms. The lowest BCUT2D eigenvalue weighted by Crippen LogP contribution is -2.17. The topological polar surface area (TPSA) is 15.6 Å². The summed E-state index contributed by atoms with van der Waals surface area (Å²) in [6.07, 6.45) is 0.865. The van der Waals surface area contributed by atoms with E-state index in [2.05, 4.69) is 53.7 Å². The standard InChI is InChI=1S/C20H16Cl2N2S/c1-13-4-6-14(7-5-13)18-12-19(20-3-2-10-25-20)24(23-18)15-8-9-16(21)17(22)11-15/h2-11,19H,12H2,1H3. The first-order valence-corrected chi connectivity index (χ1v) is 9.67. The van der Waals surface area contributed by atoms with Crippen molar-refractivity contribution in [2.75, 3.05) is 5.01 Å². The SMILES string of the molecule is Cc1ccc(C2=NN(c3ccc(Cl)c(Cl)c3)C(c3cccs3)C2)cc1. The quantitative estimate of drug-likeness (QED) is 0.487. The number of benzene rings is 2. The third-order valence-electron chi connectivity index (χ3n) is 4.33. The molecule has 25 heavy (non-hydrogen) atoms. The lowest BCUT2D eigenvalue weighted by molar-refractivity contribution is 0.722. The molecule has 1 atom stereocenters. The number of aryl methyl sites for hydroxylation is 1. The molecule has 0 radical (unpaired) electrons. The Labute approximate surface area is 161 Å². The second-order valence-electron chi connectivity index (χ2n) is 6.09. The number of hydrazone groups is 1. The first-order chi connectivity index (χ1) is 12.1. The van der Waals surface area contributed by atoms with E-state index < -0.39 is 0 Å². The highest BCUT2D eigenvalue weighted by Gasteiger charge is 2.30. The summed E-state index contributed by atoms with van der Waals surface area (Å²) in [5, 5.41) is 10.2. The van der Waals surface area contributed by atoms with Crippen molar-refractivity contribution < 1.29 is 0 Å². The minimum absolute atomic E-state index is 0.175. The molecule has 0 aliphatic carbocycles. The first-order valence-electron chi connectivity index (χ1n) is 8.04. The van der Waals surface area contributed by atoms with Gasteiger partial charge in [0.25, 0.3) is 0 Å². The van der Waals surface area contributed by atoms with Gasteiger partial charge in [0.15, 0.2) is 0 Å². The zero-order valence-corrected chi connectivity index (χ0v) is 15.9. The maximum atomic E-state index is 6.23. The number of halogens is 2. The monoisotopic (exact) mass is 386 g/mol. The summed E-state index contributed by atoms with van der Waals surface area (Å²) in [6.45, 7) is 2.09. The largest absolute Gasteiger partial charge is 0.257 e. The fraction of sp³-hybridized carbons (Fsp3) is 0.150. The van der Waals surface area contributed by atoms with Crippen molar-refractivity contribution in [1.29, 1.82) is 0 Å². The molecule has 2 heterocycles. The van der Waals surface area contributed by atoms with Gasteiger partial charge in [0.1, 0.15) is 0 Å². The Hall–Kier alpha value is -1.81. The summed E-state index contributed by atoms with van der Waals surface area (Å²) in [7, 11) is 0. The molecule has 0 spiro atoms. The Morgan fingerprint density at radius 3 is 2.52 bits per heavy atom. The molecule has 0 saturated heterocycles. The molecule has 0 N–H and O–H groups in total. The summed E-state index contributed by atoms with van der Waals surface area (Å²) in [6, 6.07) is 18.6. The van der Waals surface area contributed by atoms with Crippen molar-refractivity contribution in [3.05, 3.63) is 86.0 Å².